The minimum atomic E-state index is -0.469. The van der Waals surface area contributed by atoms with E-state index < -0.39 is 5.60 Å². The van der Waals surface area contributed by atoms with Crippen LogP contribution in [0.25, 0.3) is 0 Å². The molecule has 0 spiro atoms. The molecule has 2 heteroatoms. The lowest BCUT2D eigenvalue weighted by atomic mass is 9.36. The fourth-order valence-corrected chi connectivity index (χ4v) is 10.8. The Kier molecular flexibility index (Phi) is 4.33. The van der Waals surface area contributed by atoms with Gasteiger partial charge in [0.2, 0.25) is 0 Å². The summed E-state index contributed by atoms with van der Waals surface area (Å²) in [5, 5.41) is 11.0. The molecular weight excluding hydrogens is 335 g/mol. The van der Waals surface area contributed by atoms with Crippen LogP contribution in [-0.4, -0.2) is 23.0 Å². The molecule has 0 aliphatic heterocycles. The van der Waals surface area contributed by atoms with E-state index in [-0.39, 0.29) is 0 Å². The zero-order valence-electron chi connectivity index (χ0n) is 18.4. The predicted octanol–water partition coefficient (Wildman–Crippen LogP) is 6.48. The van der Waals surface area contributed by atoms with Crippen molar-refractivity contribution in [3.8, 4) is 0 Å². The average molecular weight is 379 g/mol. The maximum absolute atomic E-state index is 11.0. The van der Waals surface area contributed by atoms with Gasteiger partial charge in [-0.25, -0.2) is 0 Å². The van der Waals surface area contributed by atoms with Crippen molar-refractivity contribution in [3.63, 3.8) is 0 Å². The fourth-order valence-electron chi connectivity index (χ4n) is 9.25. The van der Waals surface area contributed by atoms with E-state index in [1.165, 1.54) is 44.9 Å². The molecule has 0 radical (unpaired) electrons. The van der Waals surface area contributed by atoms with Gasteiger partial charge >= 0.3 is 0 Å². The lowest BCUT2D eigenvalue weighted by Gasteiger charge is -2.69. The molecule has 1 N–H and O–H groups in total. The maximum atomic E-state index is 11.0. The molecule has 1 nitrogen and oxygen atoms in total. The molecule has 0 amide bonds. The van der Waals surface area contributed by atoms with Crippen LogP contribution in [0.5, 0.6) is 0 Å². The Morgan fingerprint density at radius 1 is 0.846 bits per heavy atom. The van der Waals surface area contributed by atoms with Crippen molar-refractivity contribution >= 4 is 8.58 Å². The van der Waals surface area contributed by atoms with Gasteiger partial charge in [0.15, 0.2) is 0 Å². The van der Waals surface area contributed by atoms with Gasteiger partial charge in [-0.2, -0.15) is 0 Å². The van der Waals surface area contributed by atoms with Crippen molar-refractivity contribution in [3.05, 3.63) is 0 Å². The zero-order valence-corrected chi connectivity index (χ0v) is 19.4. The van der Waals surface area contributed by atoms with Gasteiger partial charge in [-0.05, 0) is 110 Å². The Morgan fingerprint density at radius 3 is 2.19 bits per heavy atom. The van der Waals surface area contributed by atoms with Crippen LogP contribution in [0.3, 0.4) is 0 Å². The highest BCUT2D eigenvalue weighted by Crippen LogP contribution is 2.76. The molecule has 150 valence electrons. The molecular formula is C24H43OP. The van der Waals surface area contributed by atoms with Crippen molar-refractivity contribution < 1.29 is 5.11 Å². The summed E-state index contributed by atoms with van der Waals surface area (Å²) >= 11 is 0. The Labute approximate surface area is 164 Å². The Hall–Kier alpha value is 0.390. The number of aliphatic hydroxyl groups is 1. The van der Waals surface area contributed by atoms with Crippen molar-refractivity contribution in [2.24, 2.45) is 39.4 Å². The average Bonchev–Trinajstić information content (AvgIpc) is 2.80. The van der Waals surface area contributed by atoms with E-state index in [1.54, 1.807) is 0 Å². The van der Waals surface area contributed by atoms with Crippen LogP contribution in [0.4, 0.5) is 0 Å². The van der Waals surface area contributed by atoms with Crippen molar-refractivity contribution in [2.45, 2.75) is 104 Å². The van der Waals surface area contributed by atoms with E-state index in [2.05, 4.69) is 48.2 Å². The number of rotatable bonds is 1. The van der Waals surface area contributed by atoms with Gasteiger partial charge in [0, 0.05) is 0 Å². The fraction of sp³-hybridized carbons (Fsp3) is 1.00. The van der Waals surface area contributed by atoms with Crippen molar-refractivity contribution in [2.75, 3.05) is 6.66 Å². The molecule has 4 fully saturated rings. The van der Waals surface area contributed by atoms with Crippen LogP contribution in [0.2, 0.25) is 0 Å². The molecule has 0 heterocycles. The van der Waals surface area contributed by atoms with Gasteiger partial charge in [-0.1, -0.05) is 34.6 Å². The first-order chi connectivity index (χ1) is 11.9. The van der Waals surface area contributed by atoms with E-state index in [0.29, 0.717) is 27.6 Å². The second-order valence-corrected chi connectivity index (χ2v) is 13.5. The van der Waals surface area contributed by atoms with Crippen LogP contribution < -0.4 is 0 Å². The third kappa shape index (κ3) is 2.29. The SMILES string of the molecule is CP[C@H]1CC[C@@]2(C)[C@@H]3CC[C@@]4(C)C[C@](C)(O)[C@H](C)C[C@@H]4[C@@]3(C)CC[C@]12C. The van der Waals surface area contributed by atoms with Gasteiger partial charge in [0.25, 0.3) is 0 Å². The largest absolute Gasteiger partial charge is 0.390 e. The lowest BCUT2D eigenvalue weighted by molar-refractivity contribution is -0.214. The van der Waals surface area contributed by atoms with Gasteiger partial charge in [0.05, 0.1) is 5.60 Å². The second-order valence-electron chi connectivity index (χ2n) is 12.2. The van der Waals surface area contributed by atoms with Crippen molar-refractivity contribution in [1.29, 1.82) is 0 Å². The first-order valence-electron chi connectivity index (χ1n) is 11.3. The topological polar surface area (TPSA) is 20.2 Å². The quantitative estimate of drug-likeness (QED) is 0.518. The molecule has 0 aromatic heterocycles. The molecule has 4 saturated carbocycles. The Morgan fingerprint density at radius 2 is 1.54 bits per heavy atom. The maximum Gasteiger partial charge on any atom is 0.0650 e. The van der Waals surface area contributed by atoms with E-state index in [9.17, 15) is 5.11 Å². The number of fused-ring (bicyclic) bond motifs is 5. The summed E-state index contributed by atoms with van der Waals surface area (Å²) in [6.07, 6.45) is 10.8. The normalized spacial score (nSPS) is 62.8. The van der Waals surface area contributed by atoms with Gasteiger partial charge in [0.1, 0.15) is 0 Å². The van der Waals surface area contributed by atoms with Gasteiger partial charge < -0.3 is 5.11 Å². The molecule has 1 unspecified atom stereocenters. The summed E-state index contributed by atoms with van der Waals surface area (Å²) in [6.45, 7) is 17.4. The van der Waals surface area contributed by atoms with Crippen LogP contribution in [0.15, 0.2) is 0 Å². The minimum absolute atomic E-state index is 0.343. The highest BCUT2D eigenvalue weighted by molar-refractivity contribution is 7.38. The first kappa shape index (κ1) is 19.7. The summed E-state index contributed by atoms with van der Waals surface area (Å²) in [6, 6.07) is 0. The molecule has 0 aromatic rings. The van der Waals surface area contributed by atoms with Crippen LogP contribution in [0, 0.1) is 39.4 Å². The summed E-state index contributed by atoms with van der Waals surface area (Å²) in [4.78, 5) is 0. The summed E-state index contributed by atoms with van der Waals surface area (Å²) < 4.78 is 0. The first-order valence-corrected chi connectivity index (χ1v) is 12.9. The predicted molar refractivity (Wildman–Crippen MR) is 114 cm³/mol. The molecule has 0 bridgehead atoms. The summed E-state index contributed by atoms with van der Waals surface area (Å²) in [5.74, 6) is 2.13. The molecule has 4 aliphatic rings. The molecule has 0 aromatic carbocycles. The van der Waals surface area contributed by atoms with E-state index in [1.807, 2.05) is 0 Å². The monoisotopic (exact) mass is 378 g/mol. The van der Waals surface area contributed by atoms with Crippen LogP contribution in [-0.2, 0) is 0 Å². The second kappa shape index (κ2) is 5.72. The van der Waals surface area contributed by atoms with E-state index in [4.69, 9.17) is 0 Å². The van der Waals surface area contributed by atoms with Gasteiger partial charge in [-0.3, -0.25) is 0 Å². The molecule has 10 atom stereocenters. The summed E-state index contributed by atoms with van der Waals surface area (Å²) in [5.41, 5.74) is 2.44. The minimum Gasteiger partial charge on any atom is -0.390 e. The standard InChI is InChI=1S/C24H43OP/c1-16-14-18-20(2,15-24(16,6)25)10-8-17-21(18,3)12-13-23(5)19(26-7)9-11-22(17,23)4/h16-19,25-26H,8-15H2,1-7H3/t16-,17-,18+,19+,20+,21+,22+,23-,24+/m1/s1. The molecule has 0 saturated heterocycles. The lowest BCUT2D eigenvalue weighted by Crippen LogP contribution is -2.63. The third-order valence-corrected chi connectivity index (χ3v) is 12.8. The van der Waals surface area contributed by atoms with E-state index >= 15 is 0 Å². The third-order valence-electron chi connectivity index (χ3n) is 11.2. The van der Waals surface area contributed by atoms with Crippen molar-refractivity contribution in [1.82, 2.24) is 0 Å². The molecule has 4 rings (SSSR count). The number of hydrogen-bond donors (Lipinski definition) is 1. The molecule has 26 heavy (non-hydrogen) atoms. The highest BCUT2D eigenvalue weighted by Gasteiger charge is 2.69. The smallest absolute Gasteiger partial charge is 0.0650 e. The van der Waals surface area contributed by atoms with Gasteiger partial charge in [-0.15, -0.1) is 8.58 Å². The molecule has 4 aliphatic carbocycles. The number of hydrogen-bond acceptors (Lipinski definition) is 1. The Bertz CT molecular complexity index is 587. The zero-order chi connectivity index (χ0) is 19.2. The Balaban J connectivity index is 1.73. The van der Waals surface area contributed by atoms with E-state index in [0.717, 1.165) is 32.5 Å². The highest BCUT2D eigenvalue weighted by atomic mass is 31.1. The summed E-state index contributed by atoms with van der Waals surface area (Å²) in [7, 11) is 1.11. The van der Waals surface area contributed by atoms with Crippen LogP contribution in [0.1, 0.15) is 92.9 Å². The van der Waals surface area contributed by atoms with Crippen LogP contribution >= 0.6 is 8.58 Å².